The number of hydrogen-bond acceptors (Lipinski definition) is 3. The van der Waals surface area contributed by atoms with Crippen LogP contribution in [0.25, 0.3) is 0 Å². The predicted molar refractivity (Wildman–Crippen MR) is 146 cm³/mol. The highest BCUT2D eigenvalue weighted by molar-refractivity contribution is 5.39. The van der Waals surface area contributed by atoms with E-state index in [-0.39, 0.29) is 10.8 Å². The lowest BCUT2D eigenvalue weighted by Crippen LogP contribution is -2.35. The summed E-state index contributed by atoms with van der Waals surface area (Å²) in [5.74, 6) is 1.63. The number of fused-ring (bicyclic) bond motifs is 1. The van der Waals surface area contributed by atoms with Crippen LogP contribution in [0.3, 0.4) is 0 Å². The average molecular weight is 489 g/mol. The zero-order valence-corrected chi connectivity index (χ0v) is 22.1. The molecule has 7 atom stereocenters. The fraction of sp³-hybridized carbons (Fsp3) is 0.576. The van der Waals surface area contributed by atoms with Gasteiger partial charge in [-0.1, -0.05) is 80.6 Å². The van der Waals surface area contributed by atoms with E-state index < -0.39 is 18.3 Å². The van der Waals surface area contributed by atoms with Gasteiger partial charge in [-0.05, 0) is 91.2 Å². The minimum atomic E-state index is -0.634. The molecule has 0 heterocycles. The van der Waals surface area contributed by atoms with Gasteiger partial charge in [0.1, 0.15) is 0 Å². The molecule has 0 radical (unpaired) electrons. The summed E-state index contributed by atoms with van der Waals surface area (Å²) in [5.41, 5.74) is 4.74. The van der Waals surface area contributed by atoms with Crippen LogP contribution in [0.4, 0.5) is 0 Å². The van der Waals surface area contributed by atoms with Crippen LogP contribution < -0.4 is 0 Å². The summed E-state index contributed by atoms with van der Waals surface area (Å²) in [6.45, 7) is 8.92. The fourth-order valence-corrected chi connectivity index (χ4v) is 7.87. The van der Waals surface area contributed by atoms with Crippen LogP contribution in [0, 0.1) is 23.2 Å². The van der Waals surface area contributed by atoms with Crippen LogP contribution in [-0.2, 0) is 5.41 Å². The van der Waals surface area contributed by atoms with Crippen molar-refractivity contribution in [2.45, 2.75) is 95.4 Å². The number of aliphatic hydroxyl groups excluding tert-OH is 3. The number of allylic oxidation sites excluding steroid dienone is 4. The topological polar surface area (TPSA) is 60.7 Å². The molecule has 3 heteroatoms. The Labute approximate surface area is 217 Å². The third kappa shape index (κ3) is 4.71. The molecule has 1 aromatic carbocycles. The van der Waals surface area contributed by atoms with E-state index in [1.165, 1.54) is 36.8 Å². The second kappa shape index (κ2) is 10.1. The van der Waals surface area contributed by atoms with Crippen LogP contribution >= 0.6 is 0 Å². The van der Waals surface area contributed by atoms with Gasteiger partial charge in [0.05, 0.1) is 18.3 Å². The Morgan fingerprint density at radius 1 is 1.03 bits per heavy atom. The zero-order chi connectivity index (χ0) is 25.5. The fourth-order valence-electron chi connectivity index (χ4n) is 7.87. The molecule has 36 heavy (non-hydrogen) atoms. The van der Waals surface area contributed by atoms with E-state index in [2.05, 4.69) is 69.0 Å². The summed E-state index contributed by atoms with van der Waals surface area (Å²) < 4.78 is 0. The first kappa shape index (κ1) is 25.7. The summed E-state index contributed by atoms with van der Waals surface area (Å²) in [4.78, 5) is 0. The Bertz CT molecular complexity index is 1050. The molecule has 5 rings (SSSR count). The lowest BCUT2D eigenvalue weighted by atomic mass is 9.61. The Kier molecular flexibility index (Phi) is 7.20. The molecular formula is C33H44O3. The molecule has 0 aromatic heterocycles. The van der Waals surface area contributed by atoms with Crippen molar-refractivity contribution < 1.29 is 15.3 Å². The molecule has 4 aliphatic carbocycles. The smallest absolute Gasteiger partial charge is 0.0817 e. The second-order valence-electron chi connectivity index (χ2n) is 12.4. The molecule has 0 spiro atoms. The van der Waals surface area contributed by atoms with Gasteiger partial charge < -0.3 is 15.3 Å². The maximum Gasteiger partial charge on any atom is 0.0817 e. The maximum absolute atomic E-state index is 11.1. The van der Waals surface area contributed by atoms with Crippen molar-refractivity contribution in [1.82, 2.24) is 0 Å². The minimum absolute atomic E-state index is 0.0852. The summed E-state index contributed by atoms with van der Waals surface area (Å²) in [6.07, 6.45) is 16.4. The molecule has 3 nitrogen and oxygen atoms in total. The molecule has 4 aliphatic rings. The molecule has 3 N–H and O–H groups in total. The van der Waals surface area contributed by atoms with Crippen molar-refractivity contribution in [2.75, 3.05) is 0 Å². The van der Waals surface area contributed by atoms with Crippen LogP contribution in [0.15, 0.2) is 77.9 Å². The number of benzene rings is 1. The molecule has 4 saturated carbocycles. The SMILES string of the molecule is C=C1C(=CC=C2CCC[C@]3(C)[C@@H]([C@H](C)C=C[C@@H](O)C4(c5ccccc5)CC4)CC[C@@H]23)C[C@@H](O)C[C@@H]1O. The van der Waals surface area contributed by atoms with Crippen molar-refractivity contribution in [3.05, 3.63) is 83.5 Å². The largest absolute Gasteiger partial charge is 0.393 e. The van der Waals surface area contributed by atoms with Gasteiger partial charge in [0.15, 0.2) is 0 Å². The van der Waals surface area contributed by atoms with Gasteiger partial charge in [-0.2, -0.15) is 0 Å². The molecule has 0 saturated heterocycles. The Hall–Kier alpha value is -1.94. The van der Waals surface area contributed by atoms with Crippen LogP contribution in [0.1, 0.15) is 77.2 Å². The highest BCUT2D eigenvalue weighted by Gasteiger charge is 2.51. The van der Waals surface area contributed by atoms with E-state index in [9.17, 15) is 15.3 Å². The first-order valence-corrected chi connectivity index (χ1v) is 14.1. The predicted octanol–water partition coefficient (Wildman–Crippen LogP) is 6.41. The van der Waals surface area contributed by atoms with E-state index >= 15 is 0 Å². The Morgan fingerprint density at radius 2 is 1.78 bits per heavy atom. The summed E-state index contributed by atoms with van der Waals surface area (Å²) in [5, 5.41) is 31.4. The van der Waals surface area contributed by atoms with E-state index in [4.69, 9.17) is 0 Å². The third-order valence-corrected chi connectivity index (χ3v) is 10.2. The highest BCUT2D eigenvalue weighted by atomic mass is 16.3. The normalized spacial score (nSPS) is 37.9. The second-order valence-corrected chi connectivity index (χ2v) is 12.4. The van der Waals surface area contributed by atoms with Gasteiger partial charge in [-0.25, -0.2) is 0 Å². The van der Waals surface area contributed by atoms with Crippen molar-refractivity contribution in [2.24, 2.45) is 23.2 Å². The lowest BCUT2D eigenvalue weighted by Gasteiger charge is -2.44. The molecule has 194 valence electrons. The van der Waals surface area contributed by atoms with E-state index in [1.807, 2.05) is 6.07 Å². The van der Waals surface area contributed by atoms with Gasteiger partial charge in [-0.15, -0.1) is 0 Å². The number of rotatable bonds is 6. The van der Waals surface area contributed by atoms with Gasteiger partial charge >= 0.3 is 0 Å². The monoisotopic (exact) mass is 488 g/mol. The van der Waals surface area contributed by atoms with E-state index in [0.717, 1.165) is 30.4 Å². The molecule has 4 fully saturated rings. The Morgan fingerprint density at radius 3 is 2.50 bits per heavy atom. The van der Waals surface area contributed by atoms with Gasteiger partial charge in [0.2, 0.25) is 0 Å². The summed E-state index contributed by atoms with van der Waals surface area (Å²) >= 11 is 0. The lowest BCUT2D eigenvalue weighted by molar-refractivity contribution is 0.0862. The molecule has 0 amide bonds. The number of hydrogen-bond donors (Lipinski definition) is 3. The molecule has 0 unspecified atom stereocenters. The summed E-state index contributed by atoms with van der Waals surface area (Å²) in [6, 6.07) is 10.5. The molecule has 0 aliphatic heterocycles. The standard InChI is InChI=1S/C33H44O3/c1-22(11-16-31(36)33(18-19-33)26-9-5-4-6-10-26)28-14-15-29-24(8-7-17-32(28,29)3)12-13-25-20-27(34)21-30(35)23(25)2/h4-6,9-13,16,22,27-31,34-36H,2,7-8,14-15,17-21H2,1,3H3/t22-,27-,28-,29+,30+,31-,32-/m1/s1. The van der Waals surface area contributed by atoms with E-state index in [0.29, 0.717) is 30.6 Å². The van der Waals surface area contributed by atoms with Crippen LogP contribution in [0.2, 0.25) is 0 Å². The first-order chi connectivity index (χ1) is 17.2. The van der Waals surface area contributed by atoms with Gasteiger partial charge in [-0.3, -0.25) is 0 Å². The number of aliphatic hydroxyl groups is 3. The molecular weight excluding hydrogens is 444 g/mol. The zero-order valence-electron chi connectivity index (χ0n) is 22.1. The van der Waals surface area contributed by atoms with Crippen molar-refractivity contribution >= 4 is 0 Å². The van der Waals surface area contributed by atoms with Crippen LogP contribution in [-0.4, -0.2) is 33.6 Å². The minimum Gasteiger partial charge on any atom is -0.393 e. The van der Waals surface area contributed by atoms with Crippen LogP contribution in [0.5, 0.6) is 0 Å². The van der Waals surface area contributed by atoms with Gasteiger partial charge in [0.25, 0.3) is 0 Å². The summed E-state index contributed by atoms with van der Waals surface area (Å²) in [7, 11) is 0. The van der Waals surface area contributed by atoms with Crippen molar-refractivity contribution in [3.8, 4) is 0 Å². The van der Waals surface area contributed by atoms with Crippen molar-refractivity contribution in [1.29, 1.82) is 0 Å². The van der Waals surface area contributed by atoms with Gasteiger partial charge in [0, 0.05) is 11.8 Å². The first-order valence-electron chi connectivity index (χ1n) is 14.1. The van der Waals surface area contributed by atoms with Crippen molar-refractivity contribution in [3.63, 3.8) is 0 Å². The quantitative estimate of drug-likeness (QED) is 0.405. The Balaban J connectivity index is 1.29. The molecule has 1 aromatic rings. The van der Waals surface area contributed by atoms with E-state index in [1.54, 1.807) is 0 Å². The average Bonchev–Trinajstić information content (AvgIpc) is 3.60. The third-order valence-electron chi connectivity index (χ3n) is 10.2. The highest BCUT2D eigenvalue weighted by Crippen LogP contribution is 2.60. The maximum atomic E-state index is 11.1. The molecule has 0 bridgehead atoms.